The van der Waals surface area contributed by atoms with Crippen LogP contribution in [0.1, 0.15) is 26.2 Å². The van der Waals surface area contributed by atoms with E-state index in [-0.39, 0.29) is 36.3 Å². The summed E-state index contributed by atoms with van der Waals surface area (Å²) >= 11 is 0. The minimum Gasteiger partial charge on any atom is -0.326 e. The summed E-state index contributed by atoms with van der Waals surface area (Å²) in [7, 11) is 0. The summed E-state index contributed by atoms with van der Waals surface area (Å²) in [6.07, 6.45) is 2.43. The molecule has 124 valence electrons. The zero-order valence-corrected chi connectivity index (χ0v) is 13.1. The number of halogens is 4. The maximum atomic E-state index is 13.1. The van der Waals surface area contributed by atoms with Gasteiger partial charge in [0.15, 0.2) is 17.5 Å². The third kappa shape index (κ3) is 4.88. The van der Waals surface area contributed by atoms with Crippen LogP contribution in [-0.4, -0.2) is 19.0 Å². The molecule has 2 atom stereocenters. The first kappa shape index (κ1) is 18.8. The number of anilines is 1. The highest BCUT2D eigenvalue weighted by molar-refractivity contribution is 5.90. The van der Waals surface area contributed by atoms with Crippen molar-refractivity contribution in [2.75, 3.05) is 18.4 Å². The Kier molecular flexibility index (Phi) is 7.16. The molecule has 2 rings (SSSR count). The Labute approximate surface area is 134 Å². The SMILES string of the molecule is CC(CC(=O)Nc1cc(F)c(F)c(F)c1)C1CCCNC1.Cl. The molecule has 1 saturated heterocycles. The zero-order chi connectivity index (χ0) is 15.4. The fourth-order valence-electron chi connectivity index (χ4n) is 2.66. The van der Waals surface area contributed by atoms with Gasteiger partial charge in [0.05, 0.1) is 0 Å². The van der Waals surface area contributed by atoms with Gasteiger partial charge in [0.1, 0.15) is 0 Å². The number of amides is 1. The molecule has 1 aromatic carbocycles. The first-order chi connectivity index (χ1) is 9.97. The van der Waals surface area contributed by atoms with Crippen LogP contribution in [0.25, 0.3) is 0 Å². The predicted octanol–water partition coefficient (Wildman–Crippen LogP) is 3.49. The fourth-order valence-corrected chi connectivity index (χ4v) is 2.66. The summed E-state index contributed by atoms with van der Waals surface area (Å²) in [4.78, 5) is 11.9. The van der Waals surface area contributed by atoms with Gasteiger partial charge in [0, 0.05) is 24.2 Å². The average Bonchev–Trinajstić information content (AvgIpc) is 2.45. The molecule has 1 aliphatic rings. The van der Waals surface area contributed by atoms with Crippen molar-refractivity contribution in [3.05, 3.63) is 29.6 Å². The van der Waals surface area contributed by atoms with Gasteiger partial charge < -0.3 is 10.6 Å². The van der Waals surface area contributed by atoms with Crippen LogP contribution in [-0.2, 0) is 4.79 Å². The summed E-state index contributed by atoms with van der Waals surface area (Å²) in [5.41, 5.74) is -0.0645. The maximum absolute atomic E-state index is 13.1. The predicted molar refractivity (Wildman–Crippen MR) is 81.6 cm³/mol. The van der Waals surface area contributed by atoms with Crippen molar-refractivity contribution in [2.24, 2.45) is 11.8 Å². The Bertz CT molecular complexity index is 499. The molecule has 2 unspecified atom stereocenters. The fraction of sp³-hybridized carbons (Fsp3) is 0.533. The highest BCUT2D eigenvalue weighted by Gasteiger charge is 2.22. The lowest BCUT2D eigenvalue weighted by atomic mass is 9.85. The highest BCUT2D eigenvalue weighted by Crippen LogP contribution is 2.23. The van der Waals surface area contributed by atoms with Gasteiger partial charge in [-0.3, -0.25) is 4.79 Å². The third-order valence-electron chi connectivity index (χ3n) is 3.91. The largest absolute Gasteiger partial charge is 0.326 e. The second kappa shape index (κ2) is 8.39. The van der Waals surface area contributed by atoms with E-state index in [0.29, 0.717) is 5.92 Å². The molecule has 0 radical (unpaired) electrons. The van der Waals surface area contributed by atoms with Gasteiger partial charge in [-0.2, -0.15) is 0 Å². The van der Waals surface area contributed by atoms with Gasteiger partial charge >= 0.3 is 0 Å². The highest BCUT2D eigenvalue weighted by atomic mass is 35.5. The molecule has 0 saturated carbocycles. The Morgan fingerprint density at radius 2 is 2.00 bits per heavy atom. The number of nitrogens with one attached hydrogen (secondary N) is 2. The molecule has 1 aliphatic heterocycles. The van der Waals surface area contributed by atoms with Crippen LogP contribution in [0.15, 0.2) is 12.1 Å². The normalized spacial score (nSPS) is 19.2. The number of hydrogen-bond donors (Lipinski definition) is 2. The molecular formula is C15H20ClF3N2O. The van der Waals surface area contributed by atoms with Crippen molar-refractivity contribution in [3.8, 4) is 0 Å². The van der Waals surface area contributed by atoms with Crippen molar-refractivity contribution in [1.82, 2.24) is 5.32 Å². The molecule has 22 heavy (non-hydrogen) atoms. The Balaban J connectivity index is 0.00000242. The lowest BCUT2D eigenvalue weighted by Crippen LogP contribution is -2.34. The quantitative estimate of drug-likeness (QED) is 0.826. The molecule has 1 amide bonds. The van der Waals surface area contributed by atoms with Crippen LogP contribution in [0.3, 0.4) is 0 Å². The molecular weight excluding hydrogens is 317 g/mol. The van der Waals surface area contributed by atoms with Crippen molar-refractivity contribution < 1.29 is 18.0 Å². The number of rotatable bonds is 4. The Morgan fingerprint density at radius 1 is 1.36 bits per heavy atom. The van der Waals surface area contributed by atoms with E-state index in [0.717, 1.165) is 38.1 Å². The second-order valence-corrected chi connectivity index (χ2v) is 5.59. The van der Waals surface area contributed by atoms with Gasteiger partial charge in [-0.25, -0.2) is 13.2 Å². The second-order valence-electron chi connectivity index (χ2n) is 5.59. The molecule has 1 heterocycles. The van der Waals surface area contributed by atoms with Crippen molar-refractivity contribution >= 4 is 24.0 Å². The lowest BCUT2D eigenvalue weighted by Gasteiger charge is -2.28. The number of benzene rings is 1. The van der Waals surface area contributed by atoms with Crippen LogP contribution >= 0.6 is 12.4 Å². The number of piperidine rings is 1. The molecule has 0 aliphatic carbocycles. The maximum Gasteiger partial charge on any atom is 0.224 e. The van der Waals surface area contributed by atoms with E-state index in [2.05, 4.69) is 10.6 Å². The Hall–Kier alpha value is -1.27. The summed E-state index contributed by atoms with van der Waals surface area (Å²) in [5, 5.41) is 5.70. The molecule has 1 aromatic rings. The smallest absolute Gasteiger partial charge is 0.224 e. The third-order valence-corrected chi connectivity index (χ3v) is 3.91. The standard InChI is InChI=1S/C15H19F3N2O.ClH/c1-9(10-3-2-4-19-8-10)5-14(21)20-11-6-12(16)15(18)13(17)7-11;/h6-7,9-10,19H,2-5,8H2,1H3,(H,20,21);1H. The molecule has 0 spiro atoms. The van der Waals surface area contributed by atoms with Gasteiger partial charge in [-0.1, -0.05) is 6.92 Å². The first-order valence-electron chi connectivity index (χ1n) is 7.12. The van der Waals surface area contributed by atoms with Gasteiger partial charge in [-0.05, 0) is 37.8 Å². The molecule has 0 bridgehead atoms. The summed E-state index contributed by atoms with van der Waals surface area (Å²) in [5.74, 6) is -3.88. The van der Waals surface area contributed by atoms with Crippen LogP contribution in [0.4, 0.5) is 18.9 Å². The topological polar surface area (TPSA) is 41.1 Å². The number of carbonyl (C=O) groups excluding carboxylic acids is 1. The number of hydrogen-bond acceptors (Lipinski definition) is 2. The molecule has 3 nitrogen and oxygen atoms in total. The van der Waals surface area contributed by atoms with E-state index >= 15 is 0 Å². The summed E-state index contributed by atoms with van der Waals surface area (Å²) in [6, 6.07) is 1.56. The van der Waals surface area contributed by atoms with Gasteiger partial charge in [-0.15, -0.1) is 12.4 Å². The van der Waals surface area contributed by atoms with E-state index in [9.17, 15) is 18.0 Å². The van der Waals surface area contributed by atoms with E-state index in [1.165, 1.54) is 0 Å². The van der Waals surface area contributed by atoms with E-state index in [4.69, 9.17) is 0 Å². The number of carbonyl (C=O) groups is 1. The van der Waals surface area contributed by atoms with Crippen LogP contribution < -0.4 is 10.6 Å². The van der Waals surface area contributed by atoms with Gasteiger partial charge in [0.25, 0.3) is 0 Å². The van der Waals surface area contributed by atoms with Crippen molar-refractivity contribution in [3.63, 3.8) is 0 Å². The van der Waals surface area contributed by atoms with Crippen LogP contribution in [0.5, 0.6) is 0 Å². The van der Waals surface area contributed by atoms with Crippen LogP contribution in [0, 0.1) is 29.3 Å². The summed E-state index contributed by atoms with van der Waals surface area (Å²) < 4.78 is 39.0. The van der Waals surface area contributed by atoms with Crippen molar-refractivity contribution in [2.45, 2.75) is 26.2 Å². The first-order valence-corrected chi connectivity index (χ1v) is 7.12. The lowest BCUT2D eigenvalue weighted by molar-refractivity contribution is -0.117. The van der Waals surface area contributed by atoms with Gasteiger partial charge in [0.2, 0.25) is 5.91 Å². The molecule has 1 fully saturated rings. The average molecular weight is 337 g/mol. The molecule has 0 aromatic heterocycles. The zero-order valence-electron chi connectivity index (χ0n) is 12.3. The Morgan fingerprint density at radius 3 is 2.55 bits per heavy atom. The summed E-state index contributed by atoms with van der Waals surface area (Å²) in [6.45, 7) is 3.88. The molecule has 2 N–H and O–H groups in total. The van der Waals surface area contributed by atoms with E-state index in [1.807, 2.05) is 6.92 Å². The minimum atomic E-state index is -1.53. The van der Waals surface area contributed by atoms with Crippen LogP contribution in [0.2, 0.25) is 0 Å². The monoisotopic (exact) mass is 336 g/mol. The molecule has 7 heteroatoms. The van der Waals surface area contributed by atoms with E-state index in [1.54, 1.807) is 0 Å². The minimum absolute atomic E-state index is 0. The van der Waals surface area contributed by atoms with E-state index < -0.39 is 17.5 Å². The van der Waals surface area contributed by atoms with Crippen molar-refractivity contribution in [1.29, 1.82) is 0 Å².